The summed E-state index contributed by atoms with van der Waals surface area (Å²) in [5, 5.41) is 0. The van der Waals surface area contributed by atoms with Crippen LogP contribution in [-0.4, -0.2) is 11.6 Å². The highest BCUT2D eigenvalue weighted by Gasteiger charge is 2.07. The van der Waals surface area contributed by atoms with Crippen LogP contribution in [0.2, 0.25) is 0 Å². The molecular formula is C8H8NO. The summed E-state index contributed by atoms with van der Waals surface area (Å²) in [5.41, 5.74) is 2.45. The summed E-state index contributed by atoms with van der Waals surface area (Å²) < 4.78 is 5.25. The van der Waals surface area contributed by atoms with Crippen LogP contribution in [0.3, 0.4) is 0 Å². The minimum atomic E-state index is 0.731. The standard InChI is InChI=1S/C8H8NO/c1-3-9-5-7-2-4-10-6-8(1)7/h1,3H,2,4,6H2. The molecule has 0 fully saturated rings. The molecule has 10 heavy (non-hydrogen) atoms. The lowest BCUT2D eigenvalue weighted by Crippen LogP contribution is -2.09. The molecule has 2 heterocycles. The molecule has 0 saturated carbocycles. The maximum Gasteiger partial charge on any atom is 0.0925 e. The van der Waals surface area contributed by atoms with Gasteiger partial charge >= 0.3 is 0 Å². The van der Waals surface area contributed by atoms with E-state index in [1.54, 1.807) is 6.20 Å². The smallest absolute Gasteiger partial charge is 0.0925 e. The van der Waals surface area contributed by atoms with Crippen molar-refractivity contribution < 1.29 is 4.74 Å². The zero-order valence-electron chi connectivity index (χ0n) is 5.63. The third kappa shape index (κ3) is 0.907. The Morgan fingerprint density at radius 3 is 3.50 bits per heavy atom. The summed E-state index contributed by atoms with van der Waals surface area (Å²) in [6.07, 6.45) is 5.68. The van der Waals surface area contributed by atoms with Crippen LogP contribution in [-0.2, 0) is 17.8 Å². The van der Waals surface area contributed by atoms with Gasteiger partial charge in [-0.3, -0.25) is 4.98 Å². The summed E-state index contributed by atoms with van der Waals surface area (Å²) in [7, 11) is 0. The van der Waals surface area contributed by atoms with Gasteiger partial charge in [-0.1, -0.05) is 0 Å². The molecular weight excluding hydrogens is 126 g/mol. The number of hydrogen-bond acceptors (Lipinski definition) is 2. The Kier molecular flexibility index (Phi) is 1.40. The Morgan fingerprint density at radius 2 is 2.60 bits per heavy atom. The first-order valence-electron chi connectivity index (χ1n) is 3.39. The van der Waals surface area contributed by atoms with Crippen LogP contribution >= 0.6 is 0 Å². The molecule has 1 aliphatic heterocycles. The van der Waals surface area contributed by atoms with Crippen LogP contribution in [0.4, 0.5) is 0 Å². The number of ether oxygens (including phenoxy) is 1. The average molecular weight is 134 g/mol. The summed E-state index contributed by atoms with van der Waals surface area (Å²) in [6, 6.07) is 1.99. The van der Waals surface area contributed by atoms with Gasteiger partial charge in [-0.2, -0.15) is 0 Å². The zero-order chi connectivity index (χ0) is 6.81. The van der Waals surface area contributed by atoms with Crippen molar-refractivity contribution in [2.24, 2.45) is 0 Å². The highest BCUT2D eigenvalue weighted by Crippen LogP contribution is 2.13. The molecule has 2 heteroatoms. The van der Waals surface area contributed by atoms with Crippen molar-refractivity contribution in [1.29, 1.82) is 0 Å². The molecule has 0 atom stereocenters. The highest BCUT2D eigenvalue weighted by atomic mass is 16.5. The largest absolute Gasteiger partial charge is 0.376 e. The monoisotopic (exact) mass is 134 g/mol. The van der Waals surface area contributed by atoms with E-state index in [-0.39, 0.29) is 0 Å². The fourth-order valence-corrected chi connectivity index (χ4v) is 1.12. The molecule has 1 radical (unpaired) electrons. The quantitative estimate of drug-likeness (QED) is 0.527. The Morgan fingerprint density at radius 1 is 1.60 bits per heavy atom. The van der Waals surface area contributed by atoms with Crippen molar-refractivity contribution >= 4 is 0 Å². The van der Waals surface area contributed by atoms with Crippen molar-refractivity contribution in [1.82, 2.24) is 4.98 Å². The number of fused-ring (bicyclic) bond motifs is 1. The summed E-state index contributed by atoms with van der Waals surface area (Å²) >= 11 is 0. The molecule has 51 valence electrons. The van der Waals surface area contributed by atoms with Gasteiger partial charge in [-0.25, -0.2) is 0 Å². The van der Waals surface area contributed by atoms with Crippen LogP contribution in [0.15, 0.2) is 12.3 Å². The fourth-order valence-electron chi connectivity index (χ4n) is 1.12. The molecule has 0 bridgehead atoms. The van der Waals surface area contributed by atoms with Gasteiger partial charge < -0.3 is 4.74 Å². The van der Waals surface area contributed by atoms with Crippen LogP contribution in [0, 0.1) is 6.20 Å². The van der Waals surface area contributed by atoms with E-state index >= 15 is 0 Å². The van der Waals surface area contributed by atoms with Crippen LogP contribution in [0.5, 0.6) is 0 Å². The summed E-state index contributed by atoms with van der Waals surface area (Å²) in [6.45, 7) is 1.55. The third-order valence-electron chi connectivity index (χ3n) is 1.69. The maximum absolute atomic E-state index is 5.25. The normalized spacial score (nSPS) is 16.4. The SMILES string of the molecule is [c]1nccc2c1CCOC2. The van der Waals surface area contributed by atoms with Gasteiger partial charge in [-0.15, -0.1) is 0 Å². The lowest BCUT2D eigenvalue weighted by atomic mass is 10.1. The van der Waals surface area contributed by atoms with Gasteiger partial charge in [0.1, 0.15) is 0 Å². The van der Waals surface area contributed by atoms with Gasteiger partial charge in [-0.05, 0) is 23.6 Å². The Hall–Kier alpha value is -0.890. The minimum absolute atomic E-state index is 0.731. The number of nitrogens with zero attached hydrogens (tertiary/aromatic N) is 1. The number of hydrogen-bond donors (Lipinski definition) is 0. The topological polar surface area (TPSA) is 22.1 Å². The molecule has 0 aromatic carbocycles. The van der Waals surface area contributed by atoms with E-state index in [4.69, 9.17) is 4.74 Å². The van der Waals surface area contributed by atoms with Crippen molar-refractivity contribution in [3.05, 3.63) is 29.6 Å². The third-order valence-corrected chi connectivity index (χ3v) is 1.69. The van der Waals surface area contributed by atoms with Crippen molar-refractivity contribution in [2.75, 3.05) is 6.61 Å². The van der Waals surface area contributed by atoms with E-state index < -0.39 is 0 Å². The number of aromatic nitrogens is 1. The van der Waals surface area contributed by atoms with E-state index in [0.717, 1.165) is 19.6 Å². The Bertz CT molecular complexity index is 209. The van der Waals surface area contributed by atoms with Gasteiger partial charge in [0.05, 0.1) is 19.4 Å². The van der Waals surface area contributed by atoms with E-state index in [1.165, 1.54) is 11.1 Å². The molecule has 1 aromatic heterocycles. The van der Waals surface area contributed by atoms with Gasteiger partial charge in [0.25, 0.3) is 0 Å². The molecule has 1 aliphatic rings. The first kappa shape index (κ1) is 5.86. The second kappa shape index (κ2) is 2.39. The van der Waals surface area contributed by atoms with Crippen LogP contribution in [0.25, 0.3) is 0 Å². The lowest BCUT2D eigenvalue weighted by Gasteiger charge is -2.13. The second-order valence-electron chi connectivity index (χ2n) is 2.36. The van der Waals surface area contributed by atoms with Gasteiger partial charge in [0.15, 0.2) is 0 Å². The first-order chi connectivity index (χ1) is 4.97. The molecule has 2 nitrogen and oxygen atoms in total. The molecule has 0 amide bonds. The van der Waals surface area contributed by atoms with Crippen LogP contribution < -0.4 is 0 Å². The molecule has 2 rings (SSSR count). The van der Waals surface area contributed by atoms with Crippen LogP contribution in [0.1, 0.15) is 11.1 Å². The van der Waals surface area contributed by atoms with E-state index in [1.807, 2.05) is 6.07 Å². The fraction of sp³-hybridized carbons (Fsp3) is 0.375. The predicted molar refractivity (Wildman–Crippen MR) is 36.4 cm³/mol. The first-order valence-corrected chi connectivity index (χ1v) is 3.39. The molecule has 0 unspecified atom stereocenters. The van der Waals surface area contributed by atoms with E-state index in [0.29, 0.717) is 0 Å². The molecule has 0 N–H and O–H groups in total. The molecule has 0 saturated heterocycles. The minimum Gasteiger partial charge on any atom is -0.376 e. The second-order valence-corrected chi connectivity index (χ2v) is 2.36. The Labute approximate surface area is 59.9 Å². The predicted octanol–water partition coefficient (Wildman–Crippen LogP) is 0.954. The summed E-state index contributed by atoms with van der Waals surface area (Å²) in [4.78, 5) is 3.92. The van der Waals surface area contributed by atoms with Gasteiger partial charge in [0, 0.05) is 6.20 Å². The van der Waals surface area contributed by atoms with E-state index in [2.05, 4.69) is 11.2 Å². The molecule has 0 spiro atoms. The number of pyridine rings is 1. The molecule has 0 aliphatic carbocycles. The number of rotatable bonds is 0. The van der Waals surface area contributed by atoms with E-state index in [9.17, 15) is 0 Å². The average Bonchev–Trinajstić information content (AvgIpc) is 2.05. The highest BCUT2D eigenvalue weighted by molar-refractivity contribution is 5.22. The maximum atomic E-state index is 5.25. The van der Waals surface area contributed by atoms with Crippen molar-refractivity contribution in [2.45, 2.75) is 13.0 Å². The van der Waals surface area contributed by atoms with Gasteiger partial charge in [0.2, 0.25) is 0 Å². The summed E-state index contributed by atoms with van der Waals surface area (Å²) in [5.74, 6) is 0. The Balaban J connectivity index is 2.41. The zero-order valence-corrected chi connectivity index (χ0v) is 5.63. The molecule has 1 aromatic rings. The van der Waals surface area contributed by atoms with Crippen molar-refractivity contribution in [3.8, 4) is 0 Å². The lowest BCUT2D eigenvalue weighted by molar-refractivity contribution is 0.110. The van der Waals surface area contributed by atoms with Crippen molar-refractivity contribution in [3.63, 3.8) is 0 Å².